The number of nitrogens with two attached hydrogens (primary N) is 1. The number of nitrogens with zero attached hydrogens (tertiary/aromatic N) is 1. The third kappa shape index (κ3) is 3.18. The van der Waals surface area contributed by atoms with Gasteiger partial charge in [0.1, 0.15) is 0 Å². The zero-order valence-electron chi connectivity index (χ0n) is 10.9. The van der Waals surface area contributed by atoms with Crippen molar-refractivity contribution in [3.63, 3.8) is 0 Å². The highest BCUT2D eigenvalue weighted by molar-refractivity contribution is 7.92. The van der Waals surface area contributed by atoms with E-state index in [4.69, 9.17) is 5.73 Å². The van der Waals surface area contributed by atoms with Gasteiger partial charge in [-0.2, -0.15) is 0 Å². The molecule has 3 N–H and O–H groups in total. The predicted molar refractivity (Wildman–Crippen MR) is 78.2 cm³/mol. The van der Waals surface area contributed by atoms with Gasteiger partial charge < -0.3 is 5.73 Å². The van der Waals surface area contributed by atoms with Crippen LogP contribution in [-0.4, -0.2) is 13.3 Å². The Morgan fingerprint density at radius 2 is 1.71 bits per heavy atom. The number of rotatable bonds is 5. The van der Waals surface area contributed by atoms with Crippen LogP contribution in [0.2, 0.25) is 0 Å². The van der Waals surface area contributed by atoms with Crippen molar-refractivity contribution in [1.82, 2.24) is 0 Å². The minimum Gasteiger partial charge on any atom is -0.326 e. The zero-order chi connectivity index (χ0) is 15.5. The number of para-hydroxylation sites is 2. The van der Waals surface area contributed by atoms with Crippen molar-refractivity contribution >= 4 is 21.4 Å². The highest BCUT2D eigenvalue weighted by Crippen LogP contribution is 2.26. The Hall–Kier alpha value is -2.45. The van der Waals surface area contributed by atoms with Crippen LogP contribution in [-0.2, 0) is 16.6 Å². The Bertz CT molecular complexity index is 774. The second kappa shape index (κ2) is 5.90. The average molecular weight is 307 g/mol. The van der Waals surface area contributed by atoms with Crippen LogP contribution in [0.1, 0.15) is 5.56 Å². The number of hydrogen-bond donors (Lipinski definition) is 2. The molecule has 0 aromatic heterocycles. The van der Waals surface area contributed by atoms with Gasteiger partial charge in [-0.05, 0) is 17.7 Å². The van der Waals surface area contributed by atoms with Gasteiger partial charge >= 0.3 is 0 Å². The van der Waals surface area contributed by atoms with Crippen LogP contribution in [0.4, 0.5) is 11.4 Å². The van der Waals surface area contributed by atoms with E-state index in [0.717, 1.165) is 6.07 Å². The van der Waals surface area contributed by atoms with Crippen molar-refractivity contribution in [3.8, 4) is 0 Å². The Morgan fingerprint density at radius 3 is 2.38 bits per heavy atom. The van der Waals surface area contributed by atoms with Gasteiger partial charge in [0.25, 0.3) is 15.7 Å². The van der Waals surface area contributed by atoms with E-state index in [1.165, 1.54) is 18.2 Å². The maximum Gasteiger partial charge on any atom is 0.289 e. The van der Waals surface area contributed by atoms with Crippen molar-refractivity contribution in [2.75, 3.05) is 4.72 Å². The van der Waals surface area contributed by atoms with Gasteiger partial charge in [-0.15, -0.1) is 0 Å². The summed E-state index contributed by atoms with van der Waals surface area (Å²) in [7, 11) is -4.07. The summed E-state index contributed by atoms with van der Waals surface area (Å²) in [4.78, 5) is 9.82. The lowest BCUT2D eigenvalue weighted by molar-refractivity contribution is -0.387. The van der Waals surface area contributed by atoms with E-state index in [1.807, 2.05) is 0 Å². The molecule has 110 valence electrons. The summed E-state index contributed by atoms with van der Waals surface area (Å²) in [6.45, 7) is 0.148. The molecule has 0 unspecified atom stereocenters. The number of nitro groups is 1. The molecule has 2 aromatic rings. The van der Waals surface area contributed by atoms with Gasteiger partial charge in [0, 0.05) is 12.6 Å². The first-order valence-electron chi connectivity index (χ1n) is 6.00. The molecule has 0 heterocycles. The van der Waals surface area contributed by atoms with E-state index >= 15 is 0 Å². The fourth-order valence-corrected chi connectivity index (χ4v) is 3.11. The van der Waals surface area contributed by atoms with E-state index in [2.05, 4.69) is 4.72 Å². The SMILES string of the molecule is NCc1ccccc1NS(=O)(=O)c1ccccc1[N+](=O)[O-]. The first-order valence-corrected chi connectivity index (χ1v) is 7.48. The molecular formula is C13H13N3O4S. The molecule has 0 atom stereocenters. The molecule has 0 bridgehead atoms. The van der Waals surface area contributed by atoms with E-state index in [0.29, 0.717) is 11.3 Å². The Morgan fingerprint density at radius 1 is 1.10 bits per heavy atom. The molecule has 0 saturated heterocycles. The van der Waals surface area contributed by atoms with Gasteiger partial charge in [-0.1, -0.05) is 30.3 Å². The van der Waals surface area contributed by atoms with Crippen molar-refractivity contribution in [1.29, 1.82) is 0 Å². The molecule has 8 heteroatoms. The molecule has 0 aliphatic rings. The van der Waals surface area contributed by atoms with Gasteiger partial charge in [0.15, 0.2) is 4.90 Å². The standard InChI is InChI=1S/C13H13N3O4S/c14-9-10-5-1-2-6-11(10)15-21(19,20)13-8-4-3-7-12(13)16(17)18/h1-8,15H,9,14H2. The van der Waals surface area contributed by atoms with Crippen LogP contribution < -0.4 is 10.5 Å². The first kappa shape index (κ1) is 14.9. The van der Waals surface area contributed by atoms with Crippen LogP contribution in [0.15, 0.2) is 53.4 Å². The normalized spacial score (nSPS) is 11.1. The summed E-state index contributed by atoms with van der Waals surface area (Å²) in [5.74, 6) is 0. The molecule has 21 heavy (non-hydrogen) atoms. The minimum atomic E-state index is -4.07. The highest BCUT2D eigenvalue weighted by Gasteiger charge is 2.25. The van der Waals surface area contributed by atoms with Crippen LogP contribution >= 0.6 is 0 Å². The maximum atomic E-state index is 12.3. The molecular weight excluding hydrogens is 294 g/mol. The quantitative estimate of drug-likeness (QED) is 0.646. The maximum absolute atomic E-state index is 12.3. The predicted octanol–water partition coefficient (Wildman–Crippen LogP) is 1.85. The molecule has 2 rings (SSSR count). The molecule has 0 saturated carbocycles. The summed E-state index contributed by atoms with van der Waals surface area (Å²) >= 11 is 0. The summed E-state index contributed by atoms with van der Waals surface area (Å²) < 4.78 is 27.0. The second-order valence-corrected chi connectivity index (χ2v) is 5.84. The van der Waals surface area contributed by atoms with Crippen molar-refractivity contribution < 1.29 is 13.3 Å². The Kier molecular flexibility index (Phi) is 4.20. The monoisotopic (exact) mass is 307 g/mol. The first-order chi connectivity index (χ1) is 9.95. The molecule has 0 fully saturated rings. The third-order valence-electron chi connectivity index (χ3n) is 2.83. The second-order valence-electron chi connectivity index (χ2n) is 4.19. The van der Waals surface area contributed by atoms with E-state index in [1.54, 1.807) is 24.3 Å². The van der Waals surface area contributed by atoms with Gasteiger partial charge in [0.2, 0.25) is 0 Å². The van der Waals surface area contributed by atoms with E-state index in [-0.39, 0.29) is 11.4 Å². The topological polar surface area (TPSA) is 115 Å². The van der Waals surface area contributed by atoms with Gasteiger partial charge in [-0.25, -0.2) is 8.42 Å². The van der Waals surface area contributed by atoms with E-state index in [9.17, 15) is 18.5 Å². The van der Waals surface area contributed by atoms with Crippen molar-refractivity contribution in [3.05, 3.63) is 64.2 Å². The molecule has 0 spiro atoms. The number of anilines is 1. The third-order valence-corrected chi connectivity index (χ3v) is 4.25. The molecule has 0 aliphatic carbocycles. The fraction of sp³-hybridized carbons (Fsp3) is 0.0769. The Balaban J connectivity index is 2.46. The Labute approximate surface area is 121 Å². The lowest BCUT2D eigenvalue weighted by Gasteiger charge is -2.11. The lowest BCUT2D eigenvalue weighted by Crippen LogP contribution is -2.16. The number of hydrogen-bond acceptors (Lipinski definition) is 5. The van der Waals surface area contributed by atoms with Crippen molar-refractivity contribution in [2.24, 2.45) is 5.73 Å². The largest absolute Gasteiger partial charge is 0.326 e. The summed E-state index contributed by atoms with van der Waals surface area (Å²) in [6, 6.07) is 11.8. The molecule has 0 radical (unpaired) electrons. The van der Waals surface area contributed by atoms with Crippen LogP contribution in [0, 0.1) is 10.1 Å². The van der Waals surface area contributed by atoms with Crippen molar-refractivity contribution in [2.45, 2.75) is 11.4 Å². The van der Waals surface area contributed by atoms with Gasteiger partial charge in [-0.3, -0.25) is 14.8 Å². The highest BCUT2D eigenvalue weighted by atomic mass is 32.2. The van der Waals surface area contributed by atoms with Crippen LogP contribution in [0.3, 0.4) is 0 Å². The van der Waals surface area contributed by atoms with Crippen LogP contribution in [0.25, 0.3) is 0 Å². The summed E-state index contributed by atoms with van der Waals surface area (Å²) in [6.07, 6.45) is 0. The molecule has 2 aromatic carbocycles. The van der Waals surface area contributed by atoms with E-state index < -0.39 is 20.6 Å². The van der Waals surface area contributed by atoms with Gasteiger partial charge in [0.05, 0.1) is 10.6 Å². The summed E-state index contributed by atoms with van der Waals surface area (Å²) in [5.41, 5.74) is 5.97. The fourth-order valence-electron chi connectivity index (χ4n) is 1.83. The number of benzene rings is 2. The molecule has 0 amide bonds. The smallest absolute Gasteiger partial charge is 0.289 e. The zero-order valence-corrected chi connectivity index (χ0v) is 11.7. The number of nitro benzene ring substituents is 1. The average Bonchev–Trinajstić information content (AvgIpc) is 2.47. The summed E-state index contributed by atoms with van der Waals surface area (Å²) in [5, 5.41) is 10.9. The van der Waals surface area contributed by atoms with Crippen LogP contribution in [0.5, 0.6) is 0 Å². The number of sulfonamides is 1. The molecule has 7 nitrogen and oxygen atoms in total. The minimum absolute atomic E-state index is 0.148. The molecule has 0 aliphatic heterocycles. The number of nitrogens with one attached hydrogen (secondary N) is 1. The lowest BCUT2D eigenvalue weighted by atomic mass is 10.2.